The van der Waals surface area contributed by atoms with Crippen LogP contribution in [-0.4, -0.2) is 15.5 Å². The van der Waals surface area contributed by atoms with Crippen molar-refractivity contribution in [2.45, 2.75) is 25.3 Å². The summed E-state index contributed by atoms with van der Waals surface area (Å²) < 4.78 is 28.2. The molecule has 0 aromatic heterocycles. The second-order valence-electron chi connectivity index (χ2n) is 5.18. The van der Waals surface area contributed by atoms with Crippen molar-refractivity contribution in [1.82, 2.24) is 0 Å². The number of nitrogens with one attached hydrogen (secondary N) is 1. The van der Waals surface area contributed by atoms with E-state index in [1.807, 2.05) is 32.0 Å². The van der Waals surface area contributed by atoms with Crippen LogP contribution in [0.25, 0.3) is 0 Å². The molecule has 5 nitrogen and oxygen atoms in total. The first kappa shape index (κ1) is 16.3. The smallest absolute Gasteiger partial charge is 0.238 e. The van der Waals surface area contributed by atoms with Crippen LogP contribution in [0.1, 0.15) is 16.7 Å². The Balaban J connectivity index is 2.21. The first-order valence-electron chi connectivity index (χ1n) is 6.82. The molecular formula is C16H20N2O3S. The van der Waals surface area contributed by atoms with Crippen molar-refractivity contribution in [3.63, 3.8) is 0 Å². The number of primary sulfonamides is 1. The molecule has 0 radical (unpaired) electrons. The van der Waals surface area contributed by atoms with Crippen LogP contribution in [-0.2, 0) is 16.6 Å². The highest BCUT2D eigenvalue weighted by Gasteiger charge is 2.10. The number of hydrogen-bond donors (Lipinski definition) is 2. The largest absolute Gasteiger partial charge is 0.496 e. The molecule has 0 amide bonds. The lowest BCUT2D eigenvalue weighted by Gasteiger charge is -2.12. The molecule has 0 bridgehead atoms. The third-order valence-electron chi connectivity index (χ3n) is 3.49. The summed E-state index contributed by atoms with van der Waals surface area (Å²) in [6.45, 7) is 4.45. The minimum atomic E-state index is -3.70. The van der Waals surface area contributed by atoms with E-state index in [0.717, 1.165) is 28.1 Å². The van der Waals surface area contributed by atoms with Crippen LogP contribution >= 0.6 is 0 Å². The number of hydrogen-bond acceptors (Lipinski definition) is 4. The monoisotopic (exact) mass is 320 g/mol. The summed E-state index contributed by atoms with van der Waals surface area (Å²) >= 11 is 0. The number of anilines is 1. The number of nitrogens with two attached hydrogens (primary N) is 1. The predicted octanol–water partition coefficient (Wildman–Crippen LogP) is 2.57. The number of methoxy groups -OCH3 is 1. The van der Waals surface area contributed by atoms with Crippen molar-refractivity contribution in [2.24, 2.45) is 5.14 Å². The van der Waals surface area contributed by atoms with Gasteiger partial charge in [-0.05, 0) is 48.7 Å². The summed E-state index contributed by atoms with van der Waals surface area (Å²) in [5.41, 5.74) is 3.80. The van der Waals surface area contributed by atoms with Crippen molar-refractivity contribution in [3.05, 3.63) is 53.1 Å². The van der Waals surface area contributed by atoms with E-state index >= 15 is 0 Å². The first-order chi connectivity index (χ1) is 10.3. The minimum Gasteiger partial charge on any atom is -0.496 e. The summed E-state index contributed by atoms with van der Waals surface area (Å²) in [7, 11) is -2.06. The molecule has 2 aromatic carbocycles. The normalized spacial score (nSPS) is 11.3. The minimum absolute atomic E-state index is 0.0992. The average Bonchev–Trinajstić information content (AvgIpc) is 2.46. The fraction of sp³-hybridized carbons (Fsp3) is 0.250. The van der Waals surface area contributed by atoms with Gasteiger partial charge in [0.15, 0.2) is 0 Å². The zero-order valence-electron chi connectivity index (χ0n) is 12.9. The van der Waals surface area contributed by atoms with Gasteiger partial charge in [0.25, 0.3) is 0 Å². The lowest BCUT2D eigenvalue weighted by atomic mass is 10.1. The summed E-state index contributed by atoms with van der Waals surface area (Å²) in [4.78, 5) is 0.0992. The van der Waals surface area contributed by atoms with E-state index in [2.05, 4.69) is 5.32 Å². The van der Waals surface area contributed by atoms with E-state index in [4.69, 9.17) is 9.88 Å². The average molecular weight is 320 g/mol. The van der Waals surface area contributed by atoms with Gasteiger partial charge in [0.2, 0.25) is 10.0 Å². The van der Waals surface area contributed by atoms with E-state index in [0.29, 0.717) is 6.54 Å². The lowest BCUT2D eigenvalue weighted by molar-refractivity contribution is 0.411. The van der Waals surface area contributed by atoms with Gasteiger partial charge >= 0.3 is 0 Å². The van der Waals surface area contributed by atoms with Crippen molar-refractivity contribution < 1.29 is 13.2 Å². The van der Waals surface area contributed by atoms with Crippen LogP contribution in [0.3, 0.4) is 0 Å². The van der Waals surface area contributed by atoms with Crippen LogP contribution < -0.4 is 15.2 Å². The third-order valence-corrected chi connectivity index (χ3v) is 4.40. The summed E-state index contributed by atoms with van der Waals surface area (Å²) in [5.74, 6) is 0.828. The number of benzene rings is 2. The highest BCUT2D eigenvalue weighted by molar-refractivity contribution is 7.89. The maximum absolute atomic E-state index is 11.4. The molecule has 0 fully saturated rings. The van der Waals surface area contributed by atoms with Crippen LogP contribution in [0.15, 0.2) is 41.3 Å². The zero-order valence-corrected chi connectivity index (χ0v) is 13.7. The highest BCUT2D eigenvalue weighted by Crippen LogP contribution is 2.22. The van der Waals surface area contributed by atoms with Crippen molar-refractivity contribution in [2.75, 3.05) is 12.4 Å². The molecular weight excluding hydrogens is 300 g/mol. The molecule has 0 atom stereocenters. The Kier molecular flexibility index (Phi) is 4.73. The predicted molar refractivity (Wildman–Crippen MR) is 87.6 cm³/mol. The van der Waals surface area contributed by atoms with Crippen LogP contribution in [0.4, 0.5) is 5.69 Å². The molecule has 118 valence electrons. The van der Waals surface area contributed by atoms with E-state index in [9.17, 15) is 8.42 Å². The lowest BCUT2D eigenvalue weighted by Crippen LogP contribution is -2.13. The SMILES string of the molecule is COc1cc(CNc2cc(S(N)(=O)=O)ccc2C)ccc1C. The highest BCUT2D eigenvalue weighted by atomic mass is 32.2. The van der Waals surface area contributed by atoms with Gasteiger partial charge in [0, 0.05) is 12.2 Å². The molecule has 0 saturated carbocycles. The Labute approximate surface area is 131 Å². The molecule has 0 spiro atoms. The van der Waals surface area contributed by atoms with Gasteiger partial charge in [-0.1, -0.05) is 18.2 Å². The van der Waals surface area contributed by atoms with Gasteiger partial charge in [0.05, 0.1) is 12.0 Å². The Morgan fingerprint density at radius 3 is 2.41 bits per heavy atom. The fourth-order valence-electron chi connectivity index (χ4n) is 2.14. The maximum Gasteiger partial charge on any atom is 0.238 e. The standard InChI is InChI=1S/C16H20N2O3S/c1-11-5-7-14(22(17,19)20)9-15(11)18-10-13-6-4-12(2)16(8-13)21-3/h4-9,18H,10H2,1-3H3,(H2,17,19,20). The van der Waals surface area contributed by atoms with Crippen molar-refractivity contribution >= 4 is 15.7 Å². The number of aryl methyl sites for hydroxylation is 2. The van der Waals surface area contributed by atoms with Gasteiger partial charge in [-0.15, -0.1) is 0 Å². The van der Waals surface area contributed by atoms with Gasteiger partial charge in [0.1, 0.15) is 5.75 Å². The quantitative estimate of drug-likeness (QED) is 0.887. The number of rotatable bonds is 5. The first-order valence-corrected chi connectivity index (χ1v) is 8.37. The Bertz CT molecular complexity index is 786. The van der Waals surface area contributed by atoms with Gasteiger partial charge < -0.3 is 10.1 Å². The Morgan fingerprint density at radius 1 is 1.09 bits per heavy atom. The molecule has 0 unspecified atom stereocenters. The topological polar surface area (TPSA) is 81.4 Å². The summed E-state index contributed by atoms with van der Waals surface area (Å²) in [5, 5.41) is 8.40. The van der Waals surface area contributed by atoms with Crippen molar-refractivity contribution in [1.29, 1.82) is 0 Å². The number of sulfonamides is 1. The second-order valence-corrected chi connectivity index (χ2v) is 6.74. The second kappa shape index (κ2) is 6.37. The summed E-state index contributed by atoms with van der Waals surface area (Å²) in [6, 6.07) is 10.7. The van der Waals surface area contributed by atoms with Gasteiger partial charge in [-0.2, -0.15) is 0 Å². The molecule has 6 heteroatoms. The molecule has 2 aromatic rings. The fourth-order valence-corrected chi connectivity index (χ4v) is 2.68. The van der Waals surface area contributed by atoms with E-state index in [1.165, 1.54) is 6.07 Å². The number of ether oxygens (including phenoxy) is 1. The molecule has 0 aliphatic carbocycles. The summed E-state index contributed by atoms with van der Waals surface area (Å²) in [6.07, 6.45) is 0. The van der Waals surface area contributed by atoms with Gasteiger partial charge in [-0.25, -0.2) is 13.6 Å². The molecule has 0 aliphatic heterocycles. The zero-order chi connectivity index (χ0) is 16.3. The third kappa shape index (κ3) is 3.78. The van der Waals surface area contributed by atoms with E-state index < -0.39 is 10.0 Å². The van der Waals surface area contributed by atoms with E-state index in [1.54, 1.807) is 19.2 Å². The Hall–Kier alpha value is -2.05. The van der Waals surface area contributed by atoms with E-state index in [-0.39, 0.29) is 4.90 Å². The molecule has 0 aliphatic rings. The van der Waals surface area contributed by atoms with Crippen molar-refractivity contribution in [3.8, 4) is 5.75 Å². The Morgan fingerprint density at radius 2 is 1.77 bits per heavy atom. The molecule has 0 saturated heterocycles. The van der Waals surface area contributed by atoms with Crippen LogP contribution in [0, 0.1) is 13.8 Å². The molecule has 2 rings (SSSR count). The van der Waals surface area contributed by atoms with Gasteiger partial charge in [-0.3, -0.25) is 0 Å². The van der Waals surface area contributed by atoms with Crippen LogP contribution in [0.5, 0.6) is 5.75 Å². The van der Waals surface area contributed by atoms with Crippen LogP contribution in [0.2, 0.25) is 0 Å². The maximum atomic E-state index is 11.4. The molecule has 3 N–H and O–H groups in total. The molecule has 22 heavy (non-hydrogen) atoms. The molecule has 0 heterocycles.